The number of rotatable bonds is 7. The largest absolute Gasteiger partial charge is 0.331 e. The fourth-order valence-corrected chi connectivity index (χ4v) is 4.97. The van der Waals surface area contributed by atoms with Crippen LogP contribution in [-0.4, -0.2) is 42.5 Å². The smallest absolute Gasteiger partial charge is 0.327 e. The summed E-state index contributed by atoms with van der Waals surface area (Å²) in [6.45, 7) is 4.29. The van der Waals surface area contributed by atoms with E-state index in [0.29, 0.717) is 18.0 Å². The van der Waals surface area contributed by atoms with Gasteiger partial charge in [0, 0.05) is 30.7 Å². The Hall–Kier alpha value is -3.36. The van der Waals surface area contributed by atoms with E-state index in [-0.39, 0.29) is 4.90 Å². The van der Waals surface area contributed by atoms with Gasteiger partial charge in [0.05, 0.1) is 15.9 Å². The zero-order chi connectivity index (χ0) is 25.2. The van der Waals surface area contributed by atoms with E-state index in [1.165, 1.54) is 17.0 Å². The number of nitrogens with zero attached hydrogens (tertiary/aromatic N) is 3. The zero-order valence-corrected chi connectivity index (χ0v) is 21.4. The SMILES string of the molecule is CCc1nc2ccc(Cl)cc2n1-c1ccc(CCN(C)C(=O)NS(=O)(=O)c2ccc(C)cc2)cc1. The Morgan fingerprint density at radius 3 is 2.40 bits per heavy atom. The fourth-order valence-electron chi connectivity index (χ4n) is 3.80. The fraction of sp³-hybridized carbons (Fsp3) is 0.231. The predicted molar refractivity (Wildman–Crippen MR) is 139 cm³/mol. The molecular weight excluding hydrogens is 484 g/mol. The van der Waals surface area contributed by atoms with E-state index in [1.807, 2.05) is 49.4 Å². The van der Waals surface area contributed by atoms with E-state index >= 15 is 0 Å². The molecule has 3 aromatic carbocycles. The highest BCUT2D eigenvalue weighted by molar-refractivity contribution is 7.90. The number of likely N-dealkylation sites (N-methyl/N-ethyl adjacent to an activating group) is 1. The molecule has 0 saturated heterocycles. The number of amides is 2. The minimum atomic E-state index is -3.92. The first-order valence-electron chi connectivity index (χ1n) is 11.3. The number of hydrogen-bond acceptors (Lipinski definition) is 4. The summed E-state index contributed by atoms with van der Waals surface area (Å²) in [5, 5.41) is 0.656. The molecule has 9 heteroatoms. The van der Waals surface area contributed by atoms with Gasteiger partial charge >= 0.3 is 6.03 Å². The number of nitrogens with one attached hydrogen (secondary N) is 1. The molecule has 0 bridgehead atoms. The Morgan fingerprint density at radius 2 is 1.74 bits per heavy atom. The summed E-state index contributed by atoms with van der Waals surface area (Å²) in [5.74, 6) is 0.946. The van der Waals surface area contributed by atoms with Crippen LogP contribution < -0.4 is 4.72 Å². The third-order valence-electron chi connectivity index (χ3n) is 5.83. The van der Waals surface area contributed by atoms with Gasteiger partial charge in [0.1, 0.15) is 5.82 Å². The molecule has 0 unspecified atom stereocenters. The first kappa shape index (κ1) is 24.8. The summed E-state index contributed by atoms with van der Waals surface area (Å²) in [7, 11) is -2.35. The number of aryl methyl sites for hydroxylation is 2. The first-order chi connectivity index (χ1) is 16.7. The number of benzene rings is 3. The minimum Gasteiger partial charge on any atom is -0.327 e. The molecule has 0 spiro atoms. The van der Waals surface area contributed by atoms with Crippen LogP contribution in [0, 0.1) is 6.92 Å². The molecule has 0 radical (unpaired) electrons. The van der Waals surface area contributed by atoms with Crippen LogP contribution in [0.5, 0.6) is 0 Å². The van der Waals surface area contributed by atoms with Crippen molar-refractivity contribution in [1.82, 2.24) is 19.2 Å². The molecule has 1 heterocycles. The number of aromatic nitrogens is 2. The molecular formula is C26H27ClN4O3S. The lowest BCUT2D eigenvalue weighted by molar-refractivity contribution is 0.215. The van der Waals surface area contributed by atoms with Crippen molar-refractivity contribution in [2.24, 2.45) is 0 Å². The third-order valence-corrected chi connectivity index (χ3v) is 7.40. The van der Waals surface area contributed by atoms with Gasteiger partial charge in [-0.2, -0.15) is 0 Å². The second-order valence-corrected chi connectivity index (χ2v) is 10.5. The van der Waals surface area contributed by atoms with Crippen molar-refractivity contribution in [2.75, 3.05) is 13.6 Å². The third kappa shape index (κ3) is 5.49. The highest BCUT2D eigenvalue weighted by Crippen LogP contribution is 2.25. The molecule has 182 valence electrons. The van der Waals surface area contributed by atoms with Crippen LogP contribution in [0.2, 0.25) is 5.02 Å². The van der Waals surface area contributed by atoms with Crippen LogP contribution in [-0.2, 0) is 22.9 Å². The summed E-state index contributed by atoms with van der Waals surface area (Å²) in [4.78, 5) is 18.6. The molecule has 0 aliphatic rings. The van der Waals surface area contributed by atoms with E-state index in [1.54, 1.807) is 19.2 Å². The summed E-state index contributed by atoms with van der Waals surface area (Å²) in [6, 6.07) is 19.4. The highest BCUT2D eigenvalue weighted by Gasteiger charge is 2.20. The van der Waals surface area contributed by atoms with Crippen molar-refractivity contribution < 1.29 is 13.2 Å². The maximum atomic E-state index is 12.5. The van der Waals surface area contributed by atoms with Gasteiger partial charge in [0.15, 0.2) is 0 Å². The molecule has 1 N–H and O–H groups in total. The first-order valence-corrected chi connectivity index (χ1v) is 13.1. The molecule has 0 fully saturated rings. The summed E-state index contributed by atoms with van der Waals surface area (Å²) >= 11 is 6.22. The van der Waals surface area contributed by atoms with Crippen LogP contribution in [0.1, 0.15) is 23.9 Å². The van der Waals surface area contributed by atoms with Crippen LogP contribution in [0.3, 0.4) is 0 Å². The minimum absolute atomic E-state index is 0.0557. The molecule has 4 aromatic rings. The molecule has 2 amide bonds. The number of hydrogen-bond donors (Lipinski definition) is 1. The Morgan fingerprint density at radius 1 is 1.06 bits per heavy atom. The van der Waals surface area contributed by atoms with Gasteiger partial charge in [-0.05, 0) is 61.4 Å². The van der Waals surface area contributed by atoms with Gasteiger partial charge in [-0.15, -0.1) is 0 Å². The Labute approximate surface area is 210 Å². The van der Waals surface area contributed by atoms with Gasteiger partial charge in [-0.3, -0.25) is 4.57 Å². The molecule has 0 aliphatic carbocycles. The Balaban J connectivity index is 1.42. The summed E-state index contributed by atoms with van der Waals surface area (Å²) in [6.07, 6.45) is 1.35. The molecule has 0 atom stereocenters. The predicted octanol–water partition coefficient (Wildman–Crippen LogP) is 5.12. The van der Waals surface area contributed by atoms with E-state index in [9.17, 15) is 13.2 Å². The van der Waals surface area contributed by atoms with Crippen LogP contribution in [0.15, 0.2) is 71.6 Å². The maximum absolute atomic E-state index is 12.5. The van der Waals surface area contributed by atoms with Gasteiger partial charge in [-0.1, -0.05) is 48.4 Å². The number of carbonyl (C=O) groups is 1. The zero-order valence-electron chi connectivity index (χ0n) is 19.8. The number of urea groups is 1. The van der Waals surface area contributed by atoms with Gasteiger partial charge in [0.2, 0.25) is 0 Å². The van der Waals surface area contributed by atoms with Gasteiger partial charge in [-0.25, -0.2) is 22.9 Å². The topological polar surface area (TPSA) is 84.3 Å². The summed E-state index contributed by atoms with van der Waals surface area (Å²) < 4.78 is 29.2. The number of halogens is 1. The average molecular weight is 511 g/mol. The van der Waals surface area contributed by atoms with Crippen molar-refractivity contribution in [1.29, 1.82) is 0 Å². The quantitative estimate of drug-likeness (QED) is 0.374. The maximum Gasteiger partial charge on any atom is 0.331 e. The Bertz CT molecular complexity index is 1460. The lowest BCUT2D eigenvalue weighted by atomic mass is 10.1. The van der Waals surface area contributed by atoms with Crippen LogP contribution in [0.25, 0.3) is 16.7 Å². The highest BCUT2D eigenvalue weighted by atomic mass is 35.5. The molecule has 0 saturated carbocycles. The molecule has 35 heavy (non-hydrogen) atoms. The second-order valence-electron chi connectivity index (χ2n) is 8.41. The van der Waals surface area contributed by atoms with Crippen molar-refractivity contribution >= 4 is 38.7 Å². The van der Waals surface area contributed by atoms with E-state index in [4.69, 9.17) is 16.6 Å². The summed E-state index contributed by atoms with van der Waals surface area (Å²) in [5.41, 5.74) is 4.78. The number of carbonyl (C=O) groups excluding carboxylic acids is 1. The van der Waals surface area contributed by atoms with Gasteiger partial charge in [0.25, 0.3) is 10.0 Å². The molecule has 7 nitrogen and oxygen atoms in total. The monoisotopic (exact) mass is 510 g/mol. The van der Waals surface area contributed by atoms with Crippen LogP contribution in [0.4, 0.5) is 4.79 Å². The molecule has 1 aromatic heterocycles. The normalized spacial score (nSPS) is 11.5. The van der Waals surface area contributed by atoms with E-state index < -0.39 is 16.1 Å². The van der Waals surface area contributed by atoms with Crippen LogP contribution >= 0.6 is 11.6 Å². The lowest BCUT2D eigenvalue weighted by Gasteiger charge is -2.18. The molecule has 0 aliphatic heterocycles. The van der Waals surface area contributed by atoms with Crippen molar-refractivity contribution in [3.8, 4) is 5.69 Å². The van der Waals surface area contributed by atoms with Crippen molar-refractivity contribution in [3.05, 3.63) is 88.7 Å². The van der Waals surface area contributed by atoms with Gasteiger partial charge < -0.3 is 4.90 Å². The molecule has 4 rings (SSSR count). The van der Waals surface area contributed by atoms with E-state index in [2.05, 4.69) is 16.2 Å². The Kier molecular flexibility index (Phi) is 7.14. The van der Waals surface area contributed by atoms with E-state index in [0.717, 1.165) is 40.1 Å². The average Bonchev–Trinajstić information content (AvgIpc) is 3.20. The number of fused-ring (bicyclic) bond motifs is 1. The second kappa shape index (κ2) is 10.1. The van der Waals surface area contributed by atoms with Crippen molar-refractivity contribution in [2.45, 2.75) is 31.6 Å². The lowest BCUT2D eigenvalue weighted by Crippen LogP contribution is -2.41. The van der Waals surface area contributed by atoms with Crippen molar-refractivity contribution in [3.63, 3.8) is 0 Å². The number of imidazole rings is 1. The standard InChI is InChI=1S/C26H27ClN4O3S/c1-4-25-28-23-14-9-20(27)17-24(23)31(25)21-10-7-19(8-11-21)15-16-30(3)26(32)29-35(33,34)22-12-5-18(2)6-13-22/h5-14,17H,4,15-16H2,1-3H3,(H,29,32). The number of sulfonamides is 1.